The molecule has 1 aliphatic rings. The van der Waals surface area contributed by atoms with Crippen molar-refractivity contribution in [1.29, 1.82) is 0 Å². The Bertz CT molecular complexity index is 861. The van der Waals surface area contributed by atoms with E-state index in [4.69, 9.17) is 0 Å². The predicted octanol–water partition coefficient (Wildman–Crippen LogP) is 3.02. The molecule has 0 N–H and O–H groups in total. The molecule has 25 heavy (non-hydrogen) atoms. The lowest BCUT2D eigenvalue weighted by Gasteiger charge is -2.37. The molecule has 0 saturated carbocycles. The first-order valence-corrected chi connectivity index (χ1v) is 9.32. The molecular weight excluding hydrogens is 336 g/mol. The normalized spacial score (nSPS) is 18.2. The van der Waals surface area contributed by atoms with Crippen molar-refractivity contribution >= 4 is 27.3 Å². The number of carbonyl (C=O) groups excluding carboxylic acids is 1. The van der Waals surface area contributed by atoms with Crippen LogP contribution in [0.5, 0.6) is 0 Å². The lowest BCUT2D eigenvalue weighted by Crippen LogP contribution is -2.48. The summed E-state index contributed by atoms with van der Waals surface area (Å²) in [7, 11) is 2.06. The Morgan fingerprint density at radius 3 is 3.16 bits per heavy atom. The predicted molar refractivity (Wildman–Crippen MR) is 96.5 cm³/mol. The Balaban J connectivity index is 1.48. The monoisotopic (exact) mass is 356 g/mol. The van der Waals surface area contributed by atoms with Gasteiger partial charge in [-0.3, -0.25) is 9.69 Å². The lowest BCUT2D eigenvalue weighted by molar-refractivity contribution is 0.0602. The number of benzene rings is 1. The molecule has 7 heteroatoms. The summed E-state index contributed by atoms with van der Waals surface area (Å²) in [5, 5.41) is 10.6. The molecule has 1 fully saturated rings. The maximum atomic E-state index is 13.0. The average Bonchev–Trinajstić information content (AvgIpc) is 3.30. The van der Waals surface area contributed by atoms with Crippen molar-refractivity contribution < 1.29 is 9.42 Å². The summed E-state index contributed by atoms with van der Waals surface area (Å²) >= 11 is 1.63. The van der Waals surface area contributed by atoms with Crippen LogP contribution in [0.4, 0.5) is 0 Å². The van der Waals surface area contributed by atoms with Crippen LogP contribution in [0.3, 0.4) is 0 Å². The third-order valence-electron chi connectivity index (χ3n) is 4.84. The average molecular weight is 356 g/mol. The number of likely N-dealkylation sites (tertiary alicyclic amines) is 1. The molecule has 0 aliphatic carbocycles. The van der Waals surface area contributed by atoms with Crippen molar-refractivity contribution in [2.75, 3.05) is 20.1 Å². The Morgan fingerprint density at radius 1 is 1.44 bits per heavy atom. The first-order valence-electron chi connectivity index (χ1n) is 8.44. The summed E-state index contributed by atoms with van der Waals surface area (Å²) in [6.07, 6.45) is 3.73. The third-order valence-corrected chi connectivity index (χ3v) is 5.80. The molecule has 2 aromatic heterocycles. The second-order valence-corrected chi connectivity index (χ2v) is 7.42. The van der Waals surface area contributed by atoms with Gasteiger partial charge in [-0.1, -0.05) is 28.5 Å². The van der Waals surface area contributed by atoms with Gasteiger partial charge in [0.2, 0.25) is 0 Å². The molecule has 0 radical (unpaired) electrons. The maximum absolute atomic E-state index is 13.0. The summed E-state index contributed by atoms with van der Waals surface area (Å²) in [6, 6.07) is 8.42. The Morgan fingerprint density at radius 2 is 2.32 bits per heavy atom. The fourth-order valence-electron chi connectivity index (χ4n) is 3.45. The first-order chi connectivity index (χ1) is 12.2. The minimum Gasteiger partial charge on any atom is -0.337 e. The molecular formula is C18H20N4O2S. The SMILES string of the molecule is CN(Cc1cnon1)C1CCCN(C(=O)c2csc3ccccc23)C1. The number of rotatable bonds is 4. The zero-order chi connectivity index (χ0) is 17.2. The number of likely N-dealkylation sites (N-methyl/N-ethyl adjacent to an activating group) is 1. The Labute approximate surface area is 150 Å². The van der Waals surface area contributed by atoms with E-state index >= 15 is 0 Å². The number of aromatic nitrogens is 2. The molecule has 3 heterocycles. The van der Waals surface area contributed by atoms with Crippen LogP contribution in [0, 0.1) is 0 Å². The molecule has 0 bridgehead atoms. The molecule has 0 spiro atoms. The van der Waals surface area contributed by atoms with E-state index < -0.39 is 0 Å². The van der Waals surface area contributed by atoms with Crippen molar-refractivity contribution in [2.24, 2.45) is 0 Å². The lowest BCUT2D eigenvalue weighted by atomic mass is 10.0. The molecule has 1 saturated heterocycles. The van der Waals surface area contributed by atoms with Crippen molar-refractivity contribution in [2.45, 2.75) is 25.4 Å². The molecule has 1 unspecified atom stereocenters. The highest BCUT2D eigenvalue weighted by Gasteiger charge is 2.28. The van der Waals surface area contributed by atoms with Gasteiger partial charge in [0, 0.05) is 41.1 Å². The van der Waals surface area contributed by atoms with Crippen LogP contribution in [0.2, 0.25) is 0 Å². The van der Waals surface area contributed by atoms with Crippen molar-refractivity contribution in [3.8, 4) is 0 Å². The van der Waals surface area contributed by atoms with E-state index in [0.717, 1.165) is 47.3 Å². The van der Waals surface area contributed by atoms with Crippen LogP contribution in [-0.4, -0.2) is 52.2 Å². The number of nitrogens with zero attached hydrogens (tertiary/aromatic N) is 4. The minimum atomic E-state index is 0.138. The van der Waals surface area contributed by atoms with Crippen LogP contribution in [0.25, 0.3) is 10.1 Å². The molecule has 130 valence electrons. The van der Waals surface area contributed by atoms with Crippen molar-refractivity contribution in [1.82, 2.24) is 20.1 Å². The van der Waals surface area contributed by atoms with E-state index in [1.165, 1.54) is 0 Å². The molecule has 6 nitrogen and oxygen atoms in total. The zero-order valence-corrected chi connectivity index (χ0v) is 14.9. The highest BCUT2D eigenvalue weighted by molar-refractivity contribution is 7.17. The van der Waals surface area contributed by atoms with Gasteiger partial charge in [0.1, 0.15) is 5.69 Å². The molecule has 1 amide bonds. The molecule has 1 atom stereocenters. The van der Waals surface area contributed by atoms with Gasteiger partial charge < -0.3 is 4.90 Å². The van der Waals surface area contributed by atoms with Gasteiger partial charge >= 0.3 is 0 Å². The van der Waals surface area contributed by atoms with E-state index in [0.29, 0.717) is 12.6 Å². The summed E-state index contributed by atoms with van der Waals surface area (Å²) in [5.41, 5.74) is 1.64. The smallest absolute Gasteiger partial charge is 0.255 e. The van der Waals surface area contributed by atoms with Gasteiger partial charge in [-0.2, -0.15) is 0 Å². The maximum Gasteiger partial charge on any atom is 0.255 e. The van der Waals surface area contributed by atoms with Gasteiger partial charge in [-0.25, -0.2) is 4.63 Å². The zero-order valence-electron chi connectivity index (χ0n) is 14.1. The summed E-state index contributed by atoms with van der Waals surface area (Å²) in [6.45, 7) is 2.24. The Hall–Kier alpha value is -2.25. The van der Waals surface area contributed by atoms with E-state index in [1.807, 2.05) is 28.5 Å². The van der Waals surface area contributed by atoms with E-state index in [-0.39, 0.29) is 5.91 Å². The summed E-state index contributed by atoms with van der Waals surface area (Å²) in [4.78, 5) is 17.2. The number of thiophene rings is 1. The van der Waals surface area contributed by atoms with E-state index in [9.17, 15) is 4.79 Å². The van der Waals surface area contributed by atoms with Gasteiger partial charge in [0.05, 0.1) is 11.8 Å². The second kappa shape index (κ2) is 6.93. The highest BCUT2D eigenvalue weighted by atomic mass is 32.1. The number of carbonyl (C=O) groups is 1. The first kappa shape index (κ1) is 16.2. The highest BCUT2D eigenvalue weighted by Crippen LogP contribution is 2.28. The van der Waals surface area contributed by atoms with Crippen molar-refractivity contribution in [3.05, 3.63) is 47.1 Å². The van der Waals surface area contributed by atoms with Gasteiger partial charge in [0.25, 0.3) is 5.91 Å². The fraction of sp³-hybridized carbons (Fsp3) is 0.389. The van der Waals surface area contributed by atoms with Crippen LogP contribution in [-0.2, 0) is 6.54 Å². The summed E-state index contributed by atoms with van der Waals surface area (Å²) < 4.78 is 5.82. The number of fused-ring (bicyclic) bond motifs is 1. The van der Waals surface area contributed by atoms with Crippen LogP contribution in [0.15, 0.2) is 40.5 Å². The standard InChI is InChI=1S/C18H20N4O2S/c1-21(10-13-9-19-24-20-13)14-5-4-8-22(11-14)18(23)16-12-25-17-7-3-2-6-15(16)17/h2-3,6-7,9,12,14H,4-5,8,10-11H2,1H3. The van der Waals surface area contributed by atoms with E-state index in [2.05, 4.69) is 33.0 Å². The summed E-state index contributed by atoms with van der Waals surface area (Å²) in [5.74, 6) is 0.138. The van der Waals surface area contributed by atoms with Crippen LogP contribution >= 0.6 is 11.3 Å². The minimum absolute atomic E-state index is 0.138. The topological polar surface area (TPSA) is 62.5 Å². The number of amides is 1. The van der Waals surface area contributed by atoms with Crippen molar-refractivity contribution in [3.63, 3.8) is 0 Å². The van der Waals surface area contributed by atoms with E-state index in [1.54, 1.807) is 17.5 Å². The third kappa shape index (κ3) is 3.29. The second-order valence-electron chi connectivity index (χ2n) is 6.51. The molecule has 1 aliphatic heterocycles. The number of piperidine rings is 1. The molecule has 1 aromatic carbocycles. The molecule has 4 rings (SSSR count). The van der Waals surface area contributed by atoms with Crippen LogP contribution < -0.4 is 0 Å². The van der Waals surface area contributed by atoms with Gasteiger partial charge in [-0.05, 0) is 26.0 Å². The van der Waals surface area contributed by atoms with Gasteiger partial charge in [-0.15, -0.1) is 11.3 Å². The number of hydrogen-bond acceptors (Lipinski definition) is 6. The van der Waals surface area contributed by atoms with Crippen LogP contribution in [0.1, 0.15) is 28.9 Å². The Kier molecular flexibility index (Phi) is 4.50. The molecule has 3 aromatic rings. The fourth-order valence-corrected chi connectivity index (χ4v) is 4.39. The quantitative estimate of drug-likeness (QED) is 0.719. The van der Waals surface area contributed by atoms with Gasteiger partial charge in [0.15, 0.2) is 0 Å². The number of hydrogen-bond donors (Lipinski definition) is 0. The largest absolute Gasteiger partial charge is 0.337 e.